The molecule has 0 bridgehead atoms. The second-order valence-corrected chi connectivity index (χ2v) is 5.70. The predicted octanol–water partition coefficient (Wildman–Crippen LogP) is 0.964. The van der Waals surface area contributed by atoms with Crippen LogP contribution in [0.2, 0.25) is 0 Å². The monoisotopic (exact) mass is 297 g/mol. The summed E-state index contributed by atoms with van der Waals surface area (Å²) < 4.78 is 0. The van der Waals surface area contributed by atoms with Gasteiger partial charge >= 0.3 is 5.97 Å². The van der Waals surface area contributed by atoms with Crippen LogP contribution in [0, 0.1) is 11.8 Å². The van der Waals surface area contributed by atoms with E-state index in [4.69, 9.17) is 9.94 Å². The Morgan fingerprint density at radius 2 is 2.29 bits per heavy atom. The van der Waals surface area contributed by atoms with Gasteiger partial charge in [-0.15, -0.1) is 0 Å². The van der Waals surface area contributed by atoms with Gasteiger partial charge in [-0.3, -0.25) is 10.3 Å². The third-order valence-electron chi connectivity index (χ3n) is 4.12. The molecular formula is C15H23NO5. The van der Waals surface area contributed by atoms with Crippen molar-refractivity contribution in [1.82, 2.24) is 5.48 Å². The SMILES string of the molecule is CCCC(O)C=CC1CC2=C(NOCC(=O)O)C[C@H]2C1O. The summed E-state index contributed by atoms with van der Waals surface area (Å²) in [5, 5.41) is 28.4. The highest BCUT2D eigenvalue weighted by atomic mass is 16.7. The minimum absolute atomic E-state index is 0.00952. The Morgan fingerprint density at radius 3 is 2.95 bits per heavy atom. The normalized spacial score (nSPS) is 29.4. The molecule has 0 aromatic rings. The van der Waals surface area contributed by atoms with Gasteiger partial charge in [0.25, 0.3) is 0 Å². The van der Waals surface area contributed by atoms with E-state index in [1.807, 2.05) is 13.0 Å². The lowest BCUT2D eigenvalue weighted by atomic mass is 9.83. The maximum absolute atomic E-state index is 10.4. The van der Waals surface area contributed by atoms with E-state index in [0.717, 1.165) is 30.5 Å². The zero-order valence-corrected chi connectivity index (χ0v) is 12.2. The number of aliphatic hydroxyl groups excluding tert-OH is 2. The molecule has 6 nitrogen and oxygen atoms in total. The minimum atomic E-state index is -1.03. The first-order valence-corrected chi connectivity index (χ1v) is 7.38. The Morgan fingerprint density at radius 1 is 1.52 bits per heavy atom. The number of allylic oxidation sites excluding steroid dienone is 1. The number of aliphatic carboxylic acids is 1. The zero-order chi connectivity index (χ0) is 15.4. The summed E-state index contributed by atoms with van der Waals surface area (Å²) in [6, 6.07) is 0. The number of aliphatic hydroxyl groups is 2. The van der Waals surface area contributed by atoms with Crippen LogP contribution in [0.25, 0.3) is 0 Å². The van der Waals surface area contributed by atoms with Crippen molar-refractivity contribution in [2.75, 3.05) is 6.61 Å². The number of hydrogen-bond donors (Lipinski definition) is 4. The van der Waals surface area contributed by atoms with Crippen molar-refractivity contribution in [2.45, 2.75) is 44.8 Å². The zero-order valence-electron chi connectivity index (χ0n) is 12.2. The Kier molecular flexibility index (Phi) is 5.39. The number of carboxylic acid groups (broad SMARTS) is 1. The van der Waals surface area contributed by atoms with E-state index >= 15 is 0 Å². The third kappa shape index (κ3) is 3.84. The highest BCUT2D eigenvalue weighted by molar-refractivity contribution is 5.67. The molecule has 0 amide bonds. The average molecular weight is 297 g/mol. The molecular weight excluding hydrogens is 274 g/mol. The van der Waals surface area contributed by atoms with E-state index < -0.39 is 24.8 Å². The van der Waals surface area contributed by atoms with Crippen molar-refractivity contribution in [2.24, 2.45) is 11.8 Å². The number of rotatable bonds is 8. The fraction of sp³-hybridized carbons (Fsp3) is 0.667. The lowest BCUT2D eigenvalue weighted by Crippen LogP contribution is -2.32. The van der Waals surface area contributed by atoms with Crippen LogP contribution < -0.4 is 5.48 Å². The van der Waals surface area contributed by atoms with Crippen molar-refractivity contribution >= 4 is 5.97 Å². The number of carboxylic acids is 1. The van der Waals surface area contributed by atoms with E-state index in [1.165, 1.54) is 0 Å². The van der Waals surface area contributed by atoms with Crippen LogP contribution in [0.3, 0.4) is 0 Å². The highest BCUT2D eigenvalue weighted by Crippen LogP contribution is 2.48. The summed E-state index contributed by atoms with van der Waals surface area (Å²) in [4.78, 5) is 15.2. The van der Waals surface area contributed by atoms with Crippen LogP contribution in [0.15, 0.2) is 23.4 Å². The van der Waals surface area contributed by atoms with Gasteiger partial charge in [0.15, 0.2) is 6.61 Å². The van der Waals surface area contributed by atoms with Gasteiger partial charge in [0.2, 0.25) is 0 Å². The van der Waals surface area contributed by atoms with Crippen molar-refractivity contribution in [3.8, 4) is 0 Å². The van der Waals surface area contributed by atoms with Crippen molar-refractivity contribution < 1.29 is 25.0 Å². The average Bonchev–Trinajstić information content (AvgIpc) is 2.64. The van der Waals surface area contributed by atoms with Crippen LogP contribution >= 0.6 is 0 Å². The fourth-order valence-corrected chi connectivity index (χ4v) is 2.98. The van der Waals surface area contributed by atoms with Crippen LogP contribution in [0.1, 0.15) is 32.6 Å². The van der Waals surface area contributed by atoms with Gasteiger partial charge in [-0.05, 0) is 24.8 Å². The molecule has 6 heteroatoms. The van der Waals surface area contributed by atoms with Crippen molar-refractivity contribution in [1.29, 1.82) is 0 Å². The topological polar surface area (TPSA) is 99.0 Å². The molecule has 0 spiro atoms. The summed E-state index contributed by atoms with van der Waals surface area (Å²) in [6.45, 7) is 1.62. The molecule has 21 heavy (non-hydrogen) atoms. The second-order valence-electron chi connectivity index (χ2n) is 5.70. The molecule has 4 atom stereocenters. The second kappa shape index (κ2) is 7.06. The molecule has 118 valence electrons. The summed E-state index contributed by atoms with van der Waals surface area (Å²) in [5.74, 6) is -0.893. The number of nitrogens with one attached hydrogen (secondary N) is 1. The predicted molar refractivity (Wildman–Crippen MR) is 76.0 cm³/mol. The molecule has 0 aliphatic heterocycles. The molecule has 0 saturated heterocycles. The van der Waals surface area contributed by atoms with Gasteiger partial charge in [-0.1, -0.05) is 25.5 Å². The molecule has 2 aliphatic carbocycles. The lowest BCUT2D eigenvalue weighted by Gasteiger charge is -2.30. The minimum Gasteiger partial charge on any atom is -0.479 e. The maximum atomic E-state index is 10.4. The molecule has 4 N–H and O–H groups in total. The van der Waals surface area contributed by atoms with E-state index in [9.17, 15) is 15.0 Å². The van der Waals surface area contributed by atoms with Crippen LogP contribution in [0.4, 0.5) is 0 Å². The first-order valence-electron chi connectivity index (χ1n) is 7.38. The smallest absolute Gasteiger partial charge is 0.332 e. The van der Waals surface area contributed by atoms with Gasteiger partial charge in [0, 0.05) is 17.5 Å². The van der Waals surface area contributed by atoms with Crippen LogP contribution in [-0.4, -0.2) is 40.1 Å². The first-order chi connectivity index (χ1) is 10.0. The van der Waals surface area contributed by atoms with E-state index in [-0.39, 0.29) is 11.8 Å². The number of hydroxylamine groups is 1. The van der Waals surface area contributed by atoms with Gasteiger partial charge in [-0.2, -0.15) is 0 Å². The number of fused-ring (bicyclic) bond motifs is 1. The summed E-state index contributed by atoms with van der Waals surface area (Å²) in [5.41, 5.74) is 4.65. The Bertz CT molecular complexity index is 445. The van der Waals surface area contributed by atoms with Crippen LogP contribution in [0.5, 0.6) is 0 Å². The Balaban J connectivity index is 1.87. The molecule has 0 radical (unpaired) electrons. The highest BCUT2D eigenvalue weighted by Gasteiger charge is 2.45. The molecule has 0 aromatic heterocycles. The van der Waals surface area contributed by atoms with E-state index in [2.05, 4.69) is 5.48 Å². The van der Waals surface area contributed by atoms with Crippen LogP contribution in [-0.2, 0) is 9.63 Å². The third-order valence-corrected chi connectivity index (χ3v) is 4.12. The standard InChI is InChI=1S/C15H23NO5/c1-2-3-10(17)5-4-9-6-11-12(15(9)20)7-13(11)16-21-8-14(18)19/h4-5,9-10,12,15-17,20H,2-3,6-8H2,1H3,(H,18,19)/t9?,10?,12-,15?/m1/s1. The molecule has 3 unspecified atom stereocenters. The number of carbonyl (C=O) groups is 1. The molecule has 1 saturated carbocycles. The summed E-state index contributed by atoms with van der Waals surface area (Å²) in [7, 11) is 0. The first kappa shape index (κ1) is 16.0. The van der Waals surface area contributed by atoms with Gasteiger partial charge in [0.1, 0.15) is 0 Å². The Hall–Kier alpha value is -1.37. The van der Waals surface area contributed by atoms with E-state index in [0.29, 0.717) is 6.42 Å². The van der Waals surface area contributed by atoms with Gasteiger partial charge in [-0.25, -0.2) is 4.79 Å². The fourth-order valence-electron chi connectivity index (χ4n) is 2.98. The quantitative estimate of drug-likeness (QED) is 0.393. The summed E-state index contributed by atoms with van der Waals surface area (Å²) >= 11 is 0. The molecule has 0 aromatic carbocycles. The molecule has 2 aliphatic rings. The molecule has 0 heterocycles. The maximum Gasteiger partial charge on any atom is 0.332 e. The summed E-state index contributed by atoms with van der Waals surface area (Å²) in [6.07, 6.45) is 5.81. The lowest BCUT2D eigenvalue weighted by molar-refractivity contribution is -0.144. The molecule has 1 fully saturated rings. The molecule has 2 rings (SSSR count). The van der Waals surface area contributed by atoms with Gasteiger partial charge < -0.3 is 15.3 Å². The number of hydrogen-bond acceptors (Lipinski definition) is 5. The van der Waals surface area contributed by atoms with Crippen molar-refractivity contribution in [3.05, 3.63) is 23.4 Å². The van der Waals surface area contributed by atoms with Gasteiger partial charge in [0.05, 0.1) is 12.2 Å². The Labute approximate surface area is 124 Å². The van der Waals surface area contributed by atoms with Crippen molar-refractivity contribution in [3.63, 3.8) is 0 Å². The van der Waals surface area contributed by atoms with E-state index in [1.54, 1.807) is 6.08 Å². The largest absolute Gasteiger partial charge is 0.479 e.